The second-order valence-corrected chi connectivity index (χ2v) is 6.74. The zero-order chi connectivity index (χ0) is 17.8. The van der Waals surface area contributed by atoms with E-state index in [1.165, 1.54) is 5.56 Å². The number of nitrogens with zero attached hydrogens (tertiary/aromatic N) is 3. The molecule has 4 nitrogen and oxygen atoms in total. The van der Waals surface area contributed by atoms with Gasteiger partial charge in [0.25, 0.3) is 5.56 Å². The van der Waals surface area contributed by atoms with Crippen LogP contribution in [0.1, 0.15) is 30.2 Å². The van der Waals surface area contributed by atoms with Crippen molar-refractivity contribution in [1.82, 2.24) is 14.3 Å². The third kappa shape index (κ3) is 4.27. The molecule has 130 valence electrons. The minimum atomic E-state index is -0.0355. The van der Waals surface area contributed by atoms with Crippen LogP contribution in [0.15, 0.2) is 53.5 Å². The molecule has 0 spiro atoms. The van der Waals surface area contributed by atoms with Crippen LogP contribution in [0.25, 0.3) is 5.65 Å². The molecule has 2 heterocycles. The lowest BCUT2D eigenvalue weighted by Gasteiger charge is -2.21. The van der Waals surface area contributed by atoms with E-state index < -0.39 is 0 Å². The van der Waals surface area contributed by atoms with Gasteiger partial charge in [-0.1, -0.05) is 36.7 Å². The predicted octanol–water partition coefficient (Wildman–Crippen LogP) is 4.07. The predicted molar refractivity (Wildman–Crippen MR) is 102 cm³/mol. The van der Waals surface area contributed by atoms with E-state index in [4.69, 9.17) is 16.6 Å². The first-order valence-electron chi connectivity index (χ1n) is 8.51. The van der Waals surface area contributed by atoms with Crippen molar-refractivity contribution in [1.29, 1.82) is 0 Å². The number of hydrogen-bond acceptors (Lipinski definition) is 3. The number of aryl methyl sites for hydroxylation is 1. The Hall–Kier alpha value is -2.17. The minimum absolute atomic E-state index is 0.0355. The van der Waals surface area contributed by atoms with Crippen molar-refractivity contribution in [3.63, 3.8) is 0 Å². The Morgan fingerprint density at radius 3 is 2.64 bits per heavy atom. The molecule has 1 aromatic carbocycles. The van der Waals surface area contributed by atoms with E-state index in [0.29, 0.717) is 6.54 Å². The lowest BCUT2D eigenvalue weighted by atomic mass is 10.2. The van der Waals surface area contributed by atoms with Crippen LogP contribution in [0.5, 0.6) is 0 Å². The fourth-order valence-corrected chi connectivity index (χ4v) is 3.12. The molecule has 0 amide bonds. The molecule has 2 aromatic heterocycles. The topological polar surface area (TPSA) is 37.6 Å². The van der Waals surface area contributed by atoms with Gasteiger partial charge >= 0.3 is 0 Å². The second kappa shape index (κ2) is 7.81. The fourth-order valence-electron chi connectivity index (χ4n) is 3.00. The molecule has 0 saturated carbocycles. The zero-order valence-corrected chi connectivity index (χ0v) is 15.3. The third-order valence-electron chi connectivity index (χ3n) is 4.18. The summed E-state index contributed by atoms with van der Waals surface area (Å²) in [5, 5.41) is 0.741. The highest BCUT2D eigenvalue weighted by Gasteiger charge is 2.10. The largest absolute Gasteiger partial charge is 0.293 e. The van der Waals surface area contributed by atoms with Crippen molar-refractivity contribution in [2.45, 2.75) is 33.4 Å². The van der Waals surface area contributed by atoms with Gasteiger partial charge in [-0.2, -0.15) is 0 Å². The van der Waals surface area contributed by atoms with Gasteiger partial charge < -0.3 is 0 Å². The van der Waals surface area contributed by atoms with Crippen molar-refractivity contribution >= 4 is 17.2 Å². The molecule has 0 atom stereocenters. The molecule has 3 aromatic rings. The molecule has 3 rings (SSSR count). The first kappa shape index (κ1) is 17.6. The normalized spacial score (nSPS) is 11.4. The average molecular weight is 356 g/mol. The highest BCUT2D eigenvalue weighted by atomic mass is 35.5. The molecule has 25 heavy (non-hydrogen) atoms. The summed E-state index contributed by atoms with van der Waals surface area (Å²) in [5.74, 6) is 0. The molecule has 0 saturated heterocycles. The maximum Gasteiger partial charge on any atom is 0.258 e. The number of pyridine rings is 1. The van der Waals surface area contributed by atoms with Crippen LogP contribution >= 0.6 is 11.6 Å². The van der Waals surface area contributed by atoms with Crippen LogP contribution in [-0.2, 0) is 13.1 Å². The van der Waals surface area contributed by atoms with Crippen LogP contribution in [-0.4, -0.2) is 20.8 Å². The van der Waals surface area contributed by atoms with Crippen molar-refractivity contribution in [3.05, 3.63) is 80.9 Å². The van der Waals surface area contributed by atoms with Gasteiger partial charge in [-0.3, -0.25) is 14.1 Å². The monoisotopic (exact) mass is 355 g/mol. The second-order valence-electron chi connectivity index (χ2n) is 6.31. The fraction of sp³-hybridized carbons (Fsp3) is 0.300. The molecule has 5 heteroatoms. The highest BCUT2D eigenvalue weighted by Crippen LogP contribution is 2.14. The number of hydrogen-bond donors (Lipinski definition) is 0. The molecule has 0 N–H and O–H groups in total. The molecule has 0 radical (unpaired) electrons. The molecule has 0 unspecified atom stereocenters. The van der Waals surface area contributed by atoms with Gasteiger partial charge in [0.05, 0.1) is 5.69 Å². The van der Waals surface area contributed by atoms with Crippen LogP contribution in [0.3, 0.4) is 0 Å². The number of aromatic nitrogens is 2. The maximum atomic E-state index is 12.4. The number of fused-ring (bicyclic) bond motifs is 1. The molecule has 0 fully saturated rings. The van der Waals surface area contributed by atoms with Gasteiger partial charge in [0.15, 0.2) is 0 Å². The number of rotatable bonds is 6. The molecule has 0 bridgehead atoms. The summed E-state index contributed by atoms with van der Waals surface area (Å²) in [5.41, 5.74) is 3.70. The molecule has 0 aliphatic carbocycles. The lowest BCUT2D eigenvalue weighted by molar-refractivity contribution is 0.254. The summed E-state index contributed by atoms with van der Waals surface area (Å²) in [6.45, 7) is 6.53. The van der Waals surface area contributed by atoms with Crippen LogP contribution in [0.4, 0.5) is 0 Å². The van der Waals surface area contributed by atoms with Gasteiger partial charge in [0, 0.05) is 30.4 Å². The Bertz CT molecular complexity index is 918. The van der Waals surface area contributed by atoms with Crippen molar-refractivity contribution in [2.75, 3.05) is 6.54 Å². The first-order chi connectivity index (χ1) is 12.1. The van der Waals surface area contributed by atoms with Gasteiger partial charge in [-0.05, 0) is 49.2 Å². The summed E-state index contributed by atoms with van der Waals surface area (Å²) in [6, 6.07) is 13.4. The first-order valence-corrected chi connectivity index (χ1v) is 8.89. The van der Waals surface area contributed by atoms with E-state index in [1.807, 2.05) is 43.3 Å². The molecule has 0 aliphatic heterocycles. The minimum Gasteiger partial charge on any atom is -0.293 e. The van der Waals surface area contributed by atoms with Crippen molar-refractivity contribution < 1.29 is 0 Å². The lowest BCUT2D eigenvalue weighted by Crippen LogP contribution is -2.26. The van der Waals surface area contributed by atoms with Crippen molar-refractivity contribution in [3.8, 4) is 0 Å². The number of benzene rings is 1. The number of halogens is 1. The van der Waals surface area contributed by atoms with Crippen molar-refractivity contribution in [2.24, 2.45) is 0 Å². The summed E-state index contributed by atoms with van der Waals surface area (Å²) >= 11 is 5.97. The van der Waals surface area contributed by atoms with E-state index in [0.717, 1.165) is 41.4 Å². The summed E-state index contributed by atoms with van der Waals surface area (Å²) < 4.78 is 1.60. The molecular weight excluding hydrogens is 334 g/mol. The maximum absolute atomic E-state index is 12.4. The highest BCUT2D eigenvalue weighted by molar-refractivity contribution is 6.30. The van der Waals surface area contributed by atoms with E-state index >= 15 is 0 Å². The van der Waals surface area contributed by atoms with E-state index in [-0.39, 0.29) is 5.56 Å². The average Bonchev–Trinajstić information content (AvgIpc) is 2.58. The Kier molecular flexibility index (Phi) is 5.51. The van der Waals surface area contributed by atoms with Gasteiger partial charge in [0.2, 0.25) is 0 Å². The quantitative estimate of drug-likeness (QED) is 0.669. The Labute approximate surface area is 152 Å². The standard InChI is InChI=1S/C20H22ClN3O/c1-3-10-23(13-16-6-8-17(21)9-7-16)14-18-12-19(25)24-11-4-5-15(2)20(24)22-18/h4-9,11-12H,3,10,13-14H2,1-2H3. The van der Waals surface area contributed by atoms with Gasteiger partial charge in [0.1, 0.15) is 5.65 Å². The van der Waals surface area contributed by atoms with E-state index in [9.17, 15) is 4.79 Å². The molecular formula is C20H22ClN3O. The summed E-state index contributed by atoms with van der Waals surface area (Å²) in [6.07, 6.45) is 2.80. The summed E-state index contributed by atoms with van der Waals surface area (Å²) in [4.78, 5) is 19.4. The SMILES string of the molecule is CCCN(Cc1ccc(Cl)cc1)Cc1cc(=O)n2cccc(C)c2n1. The van der Waals surface area contributed by atoms with E-state index in [2.05, 4.69) is 11.8 Å². The van der Waals surface area contributed by atoms with Crippen LogP contribution in [0.2, 0.25) is 5.02 Å². The van der Waals surface area contributed by atoms with Gasteiger partial charge in [-0.25, -0.2) is 4.98 Å². The Morgan fingerprint density at radius 1 is 1.16 bits per heavy atom. The third-order valence-corrected chi connectivity index (χ3v) is 4.44. The zero-order valence-electron chi connectivity index (χ0n) is 14.6. The van der Waals surface area contributed by atoms with Gasteiger partial charge in [-0.15, -0.1) is 0 Å². The van der Waals surface area contributed by atoms with E-state index in [1.54, 1.807) is 16.7 Å². The smallest absolute Gasteiger partial charge is 0.258 e. The van der Waals surface area contributed by atoms with Crippen LogP contribution < -0.4 is 5.56 Å². The van der Waals surface area contributed by atoms with Crippen LogP contribution in [0, 0.1) is 6.92 Å². The Morgan fingerprint density at radius 2 is 1.92 bits per heavy atom. The summed E-state index contributed by atoms with van der Waals surface area (Å²) in [7, 11) is 0. The molecule has 0 aliphatic rings. The Balaban J connectivity index is 1.86.